The molecule has 0 aliphatic carbocycles. The lowest BCUT2D eigenvalue weighted by molar-refractivity contribution is 0.280. The lowest BCUT2D eigenvalue weighted by Gasteiger charge is -2.22. The molecule has 1 saturated heterocycles. The molecule has 0 radical (unpaired) electrons. The Kier molecular flexibility index (Phi) is 2.74. The third-order valence-electron chi connectivity index (χ3n) is 3.55. The molecule has 2 nitrogen and oxygen atoms in total. The molecule has 0 amide bonds. The molecule has 2 aliphatic rings. The van der Waals surface area contributed by atoms with Gasteiger partial charge < -0.3 is 10.1 Å². The summed E-state index contributed by atoms with van der Waals surface area (Å²) in [5.74, 6) is -0.505. The molecule has 17 heavy (non-hydrogen) atoms. The van der Waals surface area contributed by atoms with E-state index in [9.17, 15) is 8.78 Å². The highest BCUT2D eigenvalue weighted by Crippen LogP contribution is 2.36. The molecule has 4 heteroatoms. The van der Waals surface area contributed by atoms with Crippen LogP contribution < -0.4 is 10.1 Å². The lowest BCUT2D eigenvalue weighted by Crippen LogP contribution is -2.19. The molecule has 92 valence electrons. The fourth-order valence-corrected chi connectivity index (χ4v) is 2.70. The molecule has 1 aromatic rings. The molecular weight excluding hydrogens is 224 g/mol. The highest BCUT2D eigenvalue weighted by Gasteiger charge is 2.28. The SMILES string of the molecule is Fc1cc2c(c(F)c1[C@@H]1CCCN1)CCCO2. The van der Waals surface area contributed by atoms with Gasteiger partial charge in [0.15, 0.2) is 0 Å². The molecule has 2 heterocycles. The lowest BCUT2D eigenvalue weighted by atomic mass is 9.97. The Hall–Kier alpha value is -1.16. The van der Waals surface area contributed by atoms with Crippen molar-refractivity contribution in [2.75, 3.05) is 13.2 Å². The average molecular weight is 239 g/mol. The van der Waals surface area contributed by atoms with Gasteiger partial charge in [0.2, 0.25) is 0 Å². The molecule has 0 saturated carbocycles. The van der Waals surface area contributed by atoms with Gasteiger partial charge in [-0.3, -0.25) is 0 Å². The van der Waals surface area contributed by atoms with Crippen LogP contribution in [0.25, 0.3) is 0 Å². The van der Waals surface area contributed by atoms with Gasteiger partial charge in [-0.2, -0.15) is 0 Å². The Balaban J connectivity index is 2.08. The van der Waals surface area contributed by atoms with Crippen LogP contribution in [0.15, 0.2) is 6.07 Å². The Labute approximate surface area is 99.0 Å². The van der Waals surface area contributed by atoms with Gasteiger partial charge in [0, 0.05) is 23.2 Å². The molecule has 0 spiro atoms. The largest absolute Gasteiger partial charge is 0.493 e. The summed E-state index contributed by atoms with van der Waals surface area (Å²) in [7, 11) is 0. The summed E-state index contributed by atoms with van der Waals surface area (Å²) < 4.78 is 33.5. The number of halogens is 2. The van der Waals surface area contributed by atoms with E-state index in [4.69, 9.17) is 4.74 Å². The van der Waals surface area contributed by atoms with E-state index in [1.54, 1.807) is 0 Å². The summed E-state index contributed by atoms with van der Waals surface area (Å²) in [6.07, 6.45) is 3.21. The molecule has 0 unspecified atom stereocenters. The summed E-state index contributed by atoms with van der Waals surface area (Å²) in [5.41, 5.74) is 0.744. The number of nitrogens with one attached hydrogen (secondary N) is 1. The zero-order valence-corrected chi connectivity index (χ0v) is 9.56. The first kappa shape index (κ1) is 11.0. The standard InChI is InChI=1S/C13H15F2NO/c14-9-7-11-8(3-2-6-17-11)13(15)12(9)10-4-1-5-16-10/h7,10,16H,1-6H2/t10-/m0/s1. The van der Waals surface area contributed by atoms with Crippen molar-refractivity contribution in [3.8, 4) is 5.75 Å². The minimum Gasteiger partial charge on any atom is -0.493 e. The molecule has 1 aromatic carbocycles. The number of hydrogen-bond donors (Lipinski definition) is 1. The molecule has 1 fully saturated rings. The first-order chi connectivity index (χ1) is 8.27. The predicted molar refractivity (Wildman–Crippen MR) is 60.2 cm³/mol. The molecule has 2 aliphatic heterocycles. The van der Waals surface area contributed by atoms with Crippen LogP contribution in [0.3, 0.4) is 0 Å². The Morgan fingerprint density at radius 2 is 2.18 bits per heavy atom. The van der Waals surface area contributed by atoms with E-state index in [-0.39, 0.29) is 11.6 Å². The second-order valence-corrected chi connectivity index (χ2v) is 4.66. The predicted octanol–water partition coefficient (Wildman–Crippen LogP) is 2.71. The first-order valence-electron chi connectivity index (χ1n) is 6.14. The van der Waals surface area contributed by atoms with Crippen LogP contribution in [0.1, 0.15) is 36.4 Å². The van der Waals surface area contributed by atoms with E-state index in [2.05, 4.69) is 5.32 Å². The zero-order chi connectivity index (χ0) is 11.8. The minimum atomic E-state index is -0.484. The van der Waals surface area contributed by atoms with Crippen molar-refractivity contribution in [2.24, 2.45) is 0 Å². The van der Waals surface area contributed by atoms with Crippen molar-refractivity contribution in [3.05, 3.63) is 28.8 Å². The van der Waals surface area contributed by atoms with Crippen LogP contribution in [-0.2, 0) is 6.42 Å². The van der Waals surface area contributed by atoms with E-state index < -0.39 is 11.6 Å². The maximum Gasteiger partial charge on any atom is 0.137 e. The van der Waals surface area contributed by atoms with Gasteiger partial charge in [0.25, 0.3) is 0 Å². The van der Waals surface area contributed by atoms with Gasteiger partial charge in [-0.25, -0.2) is 8.78 Å². The van der Waals surface area contributed by atoms with Crippen molar-refractivity contribution in [3.63, 3.8) is 0 Å². The Morgan fingerprint density at radius 3 is 2.94 bits per heavy atom. The summed E-state index contributed by atoms with van der Waals surface area (Å²) >= 11 is 0. The highest BCUT2D eigenvalue weighted by molar-refractivity contribution is 5.42. The Bertz CT molecular complexity index is 442. The summed E-state index contributed by atoms with van der Waals surface area (Å²) in [5, 5.41) is 3.14. The van der Waals surface area contributed by atoms with Crippen molar-refractivity contribution >= 4 is 0 Å². The number of rotatable bonds is 1. The van der Waals surface area contributed by atoms with Gasteiger partial charge in [0.1, 0.15) is 17.4 Å². The monoisotopic (exact) mass is 239 g/mol. The quantitative estimate of drug-likeness (QED) is 0.813. The van der Waals surface area contributed by atoms with Crippen LogP contribution in [0.4, 0.5) is 8.78 Å². The third kappa shape index (κ3) is 1.80. The topological polar surface area (TPSA) is 21.3 Å². The van der Waals surface area contributed by atoms with E-state index in [1.165, 1.54) is 6.07 Å². The van der Waals surface area contributed by atoms with Crippen LogP contribution in [0.5, 0.6) is 5.75 Å². The number of fused-ring (bicyclic) bond motifs is 1. The maximum atomic E-state index is 14.3. The first-order valence-corrected chi connectivity index (χ1v) is 6.14. The average Bonchev–Trinajstić information content (AvgIpc) is 2.83. The number of ether oxygens (including phenoxy) is 1. The smallest absolute Gasteiger partial charge is 0.137 e. The van der Waals surface area contributed by atoms with E-state index in [0.29, 0.717) is 24.3 Å². The van der Waals surface area contributed by atoms with E-state index in [0.717, 1.165) is 25.8 Å². The molecule has 1 atom stereocenters. The zero-order valence-electron chi connectivity index (χ0n) is 9.56. The van der Waals surface area contributed by atoms with E-state index in [1.807, 2.05) is 0 Å². The molecule has 0 aromatic heterocycles. The molecule has 3 rings (SSSR count). The fraction of sp³-hybridized carbons (Fsp3) is 0.538. The number of hydrogen-bond acceptors (Lipinski definition) is 2. The van der Waals surface area contributed by atoms with Crippen molar-refractivity contribution in [1.82, 2.24) is 5.32 Å². The second kappa shape index (κ2) is 4.26. The van der Waals surface area contributed by atoms with Crippen LogP contribution >= 0.6 is 0 Å². The minimum absolute atomic E-state index is 0.178. The summed E-state index contributed by atoms with van der Waals surface area (Å²) in [4.78, 5) is 0. The highest BCUT2D eigenvalue weighted by atomic mass is 19.1. The summed E-state index contributed by atoms with van der Waals surface area (Å²) in [6.45, 7) is 1.38. The van der Waals surface area contributed by atoms with Crippen LogP contribution in [0.2, 0.25) is 0 Å². The van der Waals surface area contributed by atoms with Crippen LogP contribution in [-0.4, -0.2) is 13.2 Å². The van der Waals surface area contributed by atoms with E-state index >= 15 is 0 Å². The fourth-order valence-electron chi connectivity index (χ4n) is 2.70. The van der Waals surface area contributed by atoms with Crippen LogP contribution in [0, 0.1) is 11.6 Å². The normalized spacial score (nSPS) is 23.3. The Morgan fingerprint density at radius 1 is 1.29 bits per heavy atom. The van der Waals surface area contributed by atoms with Crippen molar-refractivity contribution in [1.29, 1.82) is 0 Å². The van der Waals surface area contributed by atoms with Gasteiger partial charge >= 0.3 is 0 Å². The summed E-state index contributed by atoms with van der Waals surface area (Å²) in [6, 6.07) is 1.16. The number of benzene rings is 1. The van der Waals surface area contributed by atoms with Crippen molar-refractivity contribution < 1.29 is 13.5 Å². The maximum absolute atomic E-state index is 14.3. The van der Waals surface area contributed by atoms with Gasteiger partial charge in [-0.15, -0.1) is 0 Å². The van der Waals surface area contributed by atoms with Gasteiger partial charge in [-0.1, -0.05) is 0 Å². The third-order valence-corrected chi connectivity index (χ3v) is 3.55. The van der Waals surface area contributed by atoms with Crippen molar-refractivity contribution in [2.45, 2.75) is 31.7 Å². The molecular formula is C13H15F2NO. The van der Waals surface area contributed by atoms with Gasteiger partial charge in [-0.05, 0) is 32.2 Å². The molecule has 1 N–H and O–H groups in total. The molecule has 0 bridgehead atoms. The second-order valence-electron chi connectivity index (χ2n) is 4.66. The van der Waals surface area contributed by atoms with Gasteiger partial charge in [0.05, 0.1) is 6.61 Å².